The Morgan fingerprint density at radius 2 is 1.14 bits per heavy atom. The number of carboxylic acids is 2. The van der Waals surface area contributed by atoms with Gasteiger partial charge < -0.3 is 20.4 Å². The Kier molecular flexibility index (Phi) is 13.1. The fraction of sp³-hybridized carbons (Fsp3) is 0.0714. The summed E-state index contributed by atoms with van der Waals surface area (Å²) in [4.78, 5) is 23.2. The van der Waals surface area contributed by atoms with Gasteiger partial charge in [0.1, 0.15) is 5.82 Å². The van der Waals surface area contributed by atoms with Crippen molar-refractivity contribution in [2.24, 2.45) is 0 Å². The molecular formula is C28H26FLiN2O4. The number of hydrogen-bond acceptors (Lipinski definition) is 3. The first-order chi connectivity index (χ1) is 16.8. The number of benzene rings is 4. The number of para-hydroxylation sites is 3. The van der Waals surface area contributed by atoms with Gasteiger partial charge in [-0.3, -0.25) is 0 Å². The summed E-state index contributed by atoms with van der Waals surface area (Å²) < 4.78 is 12.5. The van der Waals surface area contributed by atoms with E-state index in [9.17, 15) is 14.0 Å². The van der Waals surface area contributed by atoms with Crippen LogP contribution in [-0.4, -0.2) is 36.2 Å². The van der Waals surface area contributed by atoms with E-state index in [0.717, 1.165) is 17.4 Å². The van der Waals surface area contributed by atoms with Crippen LogP contribution in [-0.2, 0) is 0 Å². The summed E-state index contributed by atoms with van der Waals surface area (Å²) in [6, 6.07) is 31.8. The molecule has 0 amide bonds. The fourth-order valence-corrected chi connectivity index (χ4v) is 2.95. The predicted molar refractivity (Wildman–Crippen MR) is 137 cm³/mol. The quantitative estimate of drug-likeness (QED) is 0.422. The van der Waals surface area contributed by atoms with Crippen LogP contribution >= 0.6 is 0 Å². The van der Waals surface area contributed by atoms with E-state index in [-0.39, 0.29) is 24.4 Å². The average Bonchev–Trinajstić information content (AvgIpc) is 2.90. The average molecular weight is 480 g/mol. The third-order valence-corrected chi connectivity index (χ3v) is 4.76. The number of rotatable bonds is 5. The Balaban J connectivity index is 0.000000291. The third-order valence-electron chi connectivity index (χ3n) is 4.76. The second-order valence-electron chi connectivity index (χ2n) is 7.06. The minimum absolute atomic E-state index is 0. The van der Waals surface area contributed by atoms with Crippen molar-refractivity contribution in [2.75, 3.05) is 19.0 Å². The van der Waals surface area contributed by atoms with Gasteiger partial charge in [-0.15, -0.1) is 12.7 Å². The maximum absolute atomic E-state index is 12.5. The molecule has 6 nitrogen and oxygen atoms in total. The van der Waals surface area contributed by atoms with Crippen molar-refractivity contribution >= 4 is 29.0 Å². The summed E-state index contributed by atoms with van der Waals surface area (Å²) in [5.74, 6) is -2.85. The van der Waals surface area contributed by atoms with Gasteiger partial charge in [-0.05, 0) is 36.4 Å². The molecule has 0 aromatic heterocycles. The molecule has 180 valence electrons. The molecule has 0 radical (unpaired) electrons. The molecule has 2 N–H and O–H groups in total. The van der Waals surface area contributed by atoms with Crippen LogP contribution in [0.15, 0.2) is 109 Å². The standard InChI is InChI=1S/C14H13NO2.C7H5FO2.C7H8N.Li/c1-15(11-7-3-2-4-8-11)13-10-6-5-9-12(13)14(16)17;8-6-4-2-1-3-5(6)7(9)10;1-8-7-5-3-2-4-6-7;/h2-10H,1H3,(H,16,17);1-4H,(H,9,10);2-6H,1H3;/q;;-1;+1. The minimum Gasteiger partial charge on any atom is -0.687 e. The number of hydrogen-bond donors (Lipinski definition) is 2. The Bertz CT molecular complexity index is 1220. The minimum atomic E-state index is -1.24. The smallest absolute Gasteiger partial charge is 0.687 e. The molecule has 36 heavy (non-hydrogen) atoms. The summed E-state index contributed by atoms with van der Waals surface area (Å²) in [6.07, 6.45) is 0. The molecule has 0 spiro atoms. The van der Waals surface area contributed by atoms with E-state index in [4.69, 9.17) is 10.2 Å². The number of halogens is 1. The molecule has 4 aromatic carbocycles. The first kappa shape index (κ1) is 30.0. The van der Waals surface area contributed by atoms with Crippen LogP contribution < -0.4 is 23.8 Å². The van der Waals surface area contributed by atoms with Gasteiger partial charge >= 0.3 is 30.8 Å². The van der Waals surface area contributed by atoms with Gasteiger partial charge in [-0.25, -0.2) is 14.0 Å². The Morgan fingerprint density at radius 3 is 1.58 bits per heavy atom. The SMILES string of the molecule is CN(c1ccccc1)c1ccccc1C(=O)O.C[N-]c1ccccc1.O=C(O)c1ccccc1F.[Li+]. The zero-order chi connectivity index (χ0) is 25.6. The zero-order valence-electron chi connectivity index (χ0n) is 20.4. The van der Waals surface area contributed by atoms with E-state index in [2.05, 4.69) is 5.32 Å². The topological polar surface area (TPSA) is 91.9 Å². The largest absolute Gasteiger partial charge is 1.00 e. The van der Waals surface area contributed by atoms with Gasteiger partial charge in [0.05, 0.1) is 16.8 Å². The van der Waals surface area contributed by atoms with Crippen molar-refractivity contribution in [2.45, 2.75) is 0 Å². The van der Waals surface area contributed by atoms with Crippen LogP contribution in [0, 0.1) is 5.82 Å². The summed E-state index contributed by atoms with van der Waals surface area (Å²) in [6.45, 7) is 0. The molecule has 0 bridgehead atoms. The molecule has 0 aliphatic heterocycles. The number of anilines is 2. The molecule has 8 heteroatoms. The molecular weight excluding hydrogens is 454 g/mol. The Hall–Kier alpha value is -4.05. The Morgan fingerprint density at radius 1 is 0.694 bits per heavy atom. The van der Waals surface area contributed by atoms with Crippen LogP contribution in [0.2, 0.25) is 0 Å². The molecule has 0 aliphatic carbocycles. The third kappa shape index (κ3) is 9.30. The molecule has 0 saturated carbocycles. The number of carboxylic acid groups (broad SMARTS) is 2. The zero-order valence-corrected chi connectivity index (χ0v) is 20.4. The van der Waals surface area contributed by atoms with Crippen LogP contribution in [0.4, 0.5) is 21.5 Å². The van der Waals surface area contributed by atoms with Crippen LogP contribution in [0.3, 0.4) is 0 Å². The van der Waals surface area contributed by atoms with E-state index in [0.29, 0.717) is 11.3 Å². The maximum Gasteiger partial charge on any atom is 1.00 e. The van der Waals surface area contributed by atoms with Gasteiger partial charge in [0, 0.05) is 12.7 Å². The molecule has 0 fully saturated rings. The molecule has 4 rings (SSSR count). The predicted octanol–water partition coefficient (Wildman–Crippen LogP) is 4.00. The molecule has 4 aromatic rings. The Labute approximate surface area is 222 Å². The van der Waals surface area contributed by atoms with Crippen molar-refractivity contribution in [1.82, 2.24) is 0 Å². The molecule has 0 heterocycles. The second-order valence-corrected chi connectivity index (χ2v) is 7.06. The van der Waals surface area contributed by atoms with E-state index >= 15 is 0 Å². The van der Waals surface area contributed by atoms with Crippen molar-refractivity contribution in [3.8, 4) is 0 Å². The van der Waals surface area contributed by atoms with Crippen LogP contribution in [0.1, 0.15) is 20.7 Å². The van der Waals surface area contributed by atoms with Gasteiger partial charge in [-0.1, -0.05) is 72.8 Å². The van der Waals surface area contributed by atoms with E-state index in [1.54, 1.807) is 25.2 Å². The first-order valence-electron chi connectivity index (χ1n) is 10.6. The van der Waals surface area contributed by atoms with Gasteiger partial charge in [-0.2, -0.15) is 0 Å². The van der Waals surface area contributed by atoms with Gasteiger partial charge in [0.2, 0.25) is 0 Å². The molecule has 0 aliphatic rings. The van der Waals surface area contributed by atoms with Crippen molar-refractivity contribution in [3.63, 3.8) is 0 Å². The normalized spacial score (nSPS) is 9.19. The molecule has 0 atom stereocenters. The summed E-state index contributed by atoms with van der Waals surface area (Å²) in [5, 5.41) is 21.4. The van der Waals surface area contributed by atoms with Crippen LogP contribution in [0.5, 0.6) is 0 Å². The second kappa shape index (κ2) is 15.8. The molecule has 0 unspecified atom stereocenters. The van der Waals surface area contributed by atoms with E-state index in [1.807, 2.05) is 78.7 Å². The summed E-state index contributed by atoms with van der Waals surface area (Å²) in [7, 11) is 3.65. The maximum atomic E-state index is 12.5. The van der Waals surface area contributed by atoms with Crippen molar-refractivity contribution in [1.29, 1.82) is 0 Å². The van der Waals surface area contributed by atoms with Gasteiger partial charge in [0.15, 0.2) is 0 Å². The van der Waals surface area contributed by atoms with Crippen LogP contribution in [0.25, 0.3) is 5.32 Å². The first-order valence-corrected chi connectivity index (χ1v) is 10.6. The summed E-state index contributed by atoms with van der Waals surface area (Å²) >= 11 is 0. The van der Waals surface area contributed by atoms with Crippen molar-refractivity contribution < 1.29 is 43.1 Å². The van der Waals surface area contributed by atoms with Gasteiger partial charge in [0.25, 0.3) is 0 Å². The van der Waals surface area contributed by atoms with E-state index < -0.39 is 17.8 Å². The monoisotopic (exact) mass is 480 g/mol. The van der Waals surface area contributed by atoms with E-state index in [1.165, 1.54) is 18.2 Å². The number of aromatic carboxylic acids is 2. The molecule has 0 saturated heterocycles. The number of nitrogens with zero attached hydrogens (tertiary/aromatic N) is 2. The fourth-order valence-electron chi connectivity index (χ4n) is 2.95. The van der Waals surface area contributed by atoms with Crippen molar-refractivity contribution in [3.05, 3.63) is 131 Å². The summed E-state index contributed by atoms with van der Waals surface area (Å²) in [5.41, 5.74) is 2.70. The number of carbonyl (C=O) groups is 2.